The number of halogens is 6. The molecule has 3 nitrogen and oxygen atoms in total. The van der Waals surface area contributed by atoms with Crippen LogP contribution in [-0.4, -0.2) is 44.4 Å². The summed E-state index contributed by atoms with van der Waals surface area (Å²) < 4.78 is 56.5. The number of hydrogen-bond donors (Lipinski definition) is 1. The SMILES string of the molecule is COc1ccc([C@@H](CCC(F)(F)F)N2CCNCC2)cc1F.Cl.Cl. The standard InChI is InChI=1S/C15H20F4N2O.2ClH/c1-22-14-3-2-11(10-12(14)16)13(4-5-15(17,18)19)21-8-6-20-7-9-21;;/h2-3,10,13,20H,4-9H2,1H3;2*1H/t13-;;/m1../s1. The van der Waals surface area contributed by atoms with E-state index in [1.54, 1.807) is 6.07 Å². The molecule has 2 rings (SSSR count). The van der Waals surface area contributed by atoms with E-state index in [-0.39, 0.29) is 37.0 Å². The van der Waals surface area contributed by atoms with Crippen molar-refractivity contribution in [2.24, 2.45) is 0 Å². The van der Waals surface area contributed by atoms with Gasteiger partial charge in [0, 0.05) is 38.6 Å². The normalized spacial score (nSPS) is 16.7. The zero-order chi connectivity index (χ0) is 16.2. The van der Waals surface area contributed by atoms with Gasteiger partial charge in [-0.15, -0.1) is 24.8 Å². The summed E-state index contributed by atoms with van der Waals surface area (Å²) in [6, 6.07) is 3.95. The predicted octanol–water partition coefficient (Wildman–Crippen LogP) is 3.97. The van der Waals surface area contributed by atoms with E-state index in [4.69, 9.17) is 4.74 Å². The summed E-state index contributed by atoms with van der Waals surface area (Å²) in [4.78, 5) is 1.98. The van der Waals surface area contributed by atoms with E-state index in [1.807, 2.05) is 4.90 Å². The van der Waals surface area contributed by atoms with Crippen molar-refractivity contribution in [2.75, 3.05) is 33.3 Å². The first-order chi connectivity index (χ1) is 10.4. The first kappa shape index (κ1) is 23.2. The highest BCUT2D eigenvalue weighted by Crippen LogP contribution is 2.33. The molecule has 0 radical (unpaired) electrons. The fourth-order valence-corrected chi connectivity index (χ4v) is 2.74. The van der Waals surface area contributed by atoms with E-state index in [0.717, 1.165) is 13.1 Å². The molecule has 0 aliphatic carbocycles. The second-order valence-corrected chi connectivity index (χ2v) is 5.35. The zero-order valence-electron chi connectivity index (χ0n) is 13.2. The van der Waals surface area contributed by atoms with Crippen molar-refractivity contribution in [3.63, 3.8) is 0 Å². The molecule has 1 atom stereocenters. The zero-order valence-corrected chi connectivity index (χ0v) is 14.9. The molecule has 0 aromatic heterocycles. The lowest BCUT2D eigenvalue weighted by atomic mass is 9.99. The van der Waals surface area contributed by atoms with Crippen molar-refractivity contribution in [3.8, 4) is 5.75 Å². The molecule has 1 heterocycles. The Morgan fingerprint density at radius 2 is 1.83 bits per heavy atom. The molecule has 1 aromatic rings. The topological polar surface area (TPSA) is 24.5 Å². The second-order valence-electron chi connectivity index (χ2n) is 5.35. The largest absolute Gasteiger partial charge is 0.494 e. The Bertz CT molecular complexity index is 497. The third kappa shape index (κ3) is 6.63. The Balaban J connectivity index is 0.00000264. The van der Waals surface area contributed by atoms with Gasteiger partial charge >= 0.3 is 6.18 Å². The highest BCUT2D eigenvalue weighted by atomic mass is 35.5. The Morgan fingerprint density at radius 1 is 1.21 bits per heavy atom. The number of benzene rings is 1. The van der Waals surface area contributed by atoms with Crippen molar-refractivity contribution < 1.29 is 22.3 Å². The summed E-state index contributed by atoms with van der Waals surface area (Å²) in [5.41, 5.74) is 0.560. The first-order valence-electron chi connectivity index (χ1n) is 7.25. The molecule has 140 valence electrons. The van der Waals surface area contributed by atoms with Gasteiger partial charge in [-0.05, 0) is 24.1 Å². The number of hydrogen-bond acceptors (Lipinski definition) is 3. The van der Waals surface area contributed by atoms with Gasteiger partial charge in [0.15, 0.2) is 11.6 Å². The maximum atomic E-state index is 13.9. The lowest BCUT2D eigenvalue weighted by Crippen LogP contribution is -2.45. The average Bonchev–Trinajstić information content (AvgIpc) is 2.47. The Morgan fingerprint density at radius 3 is 2.33 bits per heavy atom. The summed E-state index contributed by atoms with van der Waals surface area (Å²) >= 11 is 0. The quantitative estimate of drug-likeness (QED) is 0.767. The molecule has 0 spiro atoms. The molecule has 0 amide bonds. The van der Waals surface area contributed by atoms with Crippen LogP contribution in [0.25, 0.3) is 0 Å². The fourth-order valence-electron chi connectivity index (χ4n) is 2.74. The maximum Gasteiger partial charge on any atom is 0.389 e. The highest BCUT2D eigenvalue weighted by molar-refractivity contribution is 5.85. The lowest BCUT2D eigenvalue weighted by molar-refractivity contribution is -0.138. The monoisotopic (exact) mass is 392 g/mol. The van der Waals surface area contributed by atoms with Crippen LogP contribution in [0.15, 0.2) is 18.2 Å². The van der Waals surface area contributed by atoms with Gasteiger partial charge in [-0.2, -0.15) is 13.2 Å². The molecule has 0 unspecified atom stereocenters. The molecule has 1 fully saturated rings. The van der Waals surface area contributed by atoms with E-state index >= 15 is 0 Å². The summed E-state index contributed by atoms with van der Waals surface area (Å²) in [6.45, 7) is 2.74. The minimum atomic E-state index is -4.21. The van der Waals surface area contributed by atoms with Crippen LogP contribution in [0.1, 0.15) is 24.4 Å². The molecular weight excluding hydrogens is 371 g/mol. The lowest BCUT2D eigenvalue weighted by Gasteiger charge is -2.35. The van der Waals surface area contributed by atoms with Gasteiger partial charge in [-0.25, -0.2) is 4.39 Å². The minimum Gasteiger partial charge on any atom is -0.494 e. The number of rotatable bonds is 5. The van der Waals surface area contributed by atoms with E-state index in [9.17, 15) is 17.6 Å². The third-order valence-electron chi connectivity index (χ3n) is 3.85. The van der Waals surface area contributed by atoms with Crippen LogP contribution in [0.5, 0.6) is 5.75 Å². The summed E-state index contributed by atoms with van der Waals surface area (Å²) in [6.07, 6.45) is -5.16. The van der Waals surface area contributed by atoms with Crippen LogP contribution < -0.4 is 10.1 Å². The van der Waals surface area contributed by atoms with Gasteiger partial charge in [0.2, 0.25) is 0 Å². The van der Waals surface area contributed by atoms with Gasteiger partial charge in [0.05, 0.1) is 7.11 Å². The molecule has 0 saturated carbocycles. The van der Waals surface area contributed by atoms with Crippen molar-refractivity contribution in [1.29, 1.82) is 0 Å². The van der Waals surface area contributed by atoms with Gasteiger partial charge in [0.25, 0.3) is 0 Å². The maximum absolute atomic E-state index is 13.9. The molecule has 1 aliphatic heterocycles. The average molecular weight is 393 g/mol. The molecular formula is C15H22Cl2F4N2O. The molecule has 1 N–H and O–H groups in total. The number of nitrogens with one attached hydrogen (secondary N) is 1. The molecule has 24 heavy (non-hydrogen) atoms. The molecule has 1 aromatic carbocycles. The van der Waals surface area contributed by atoms with Crippen molar-refractivity contribution in [2.45, 2.75) is 25.1 Å². The van der Waals surface area contributed by atoms with Gasteiger partial charge in [-0.3, -0.25) is 4.90 Å². The van der Waals surface area contributed by atoms with Crippen LogP contribution in [0.2, 0.25) is 0 Å². The van der Waals surface area contributed by atoms with Crippen molar-refractivity contribution in [3.05, 3.63) is 29.6 Å². The van der Waals surface area contributed by atoms with Crippen LogP contribution in [-0.2, 0) is 0 Å². The van der Waals surface area contributed by atoms with Crippen LogP contribution in [0, 0.1) is 5.82 Å². The van der Waals surface area contributed by atoms with E-state index in [1.165, 1.54) is 19.2 Å². The summed E-state index contributed by atoms with van der Waals surface area (Å²) in [7, 11) is 1.36. The van der Waals surface area contributed by atoms with Crippen LogP contribution in [0.3, 0.4) is 0 Å². The van der Waals surface area contributed by atoms with Crippen molar-refractivity contribution >= 4 is 24.8 Å². The number of nitrogens with zero attached hydrogens (tertiary/aromatic N) is 1. The minimum absolute atomic E-state index is 0. The molecule has 0 bridgehead atoms. The first-order valence-corrected chi connectivity index (χ1v) is 7.25. The third-order valence-corrected chi connectivity index (χ3v) is 3.85. The Hall–Kier alpha value is -0.760. The Kier molecular flexibility index (Phi) is 9.96. The van der Waals surface area contributed by atoms with Crippen LogP contribution in [0.4, 0.5) is 17.6 Å². The number of ether oxygens (including phenoxy) is 1. The molecule has 9 heteroatoms. The second kappa shape index (κ2) is 10.3. The van der Waals surface area contributed by atoms with Crippen LogP contribution >= 0.6 is 24.8 Å². The van der Waals surface area contributed by atoms with E-state index in [0.29, 0.717) is 18.7 Å². The predicted molar refractivity (Wildman–Crippen MR) is 89.9 cm³/mol. The smallest absolute Gasteiger partial charge is 0.389 e. The molecule has 1 saturated heterocycles. The van der Waals surface area contributed by atoms with Gasteiger partial charge < -0.3 is 10.1 Å². The van der Waals surface area contributed by atoms with Gasteiger partial charge in [0.1, 0.15) is 0 Å². The Labute approximate surface area is 151 Å². The molecule has 1 aliphatic rings. The van der Waals surface area contributed by atoms with E-state index < -0.39 is 24.5 Å². The summed E-state index contributed by atoms with van der Waals surface area (Å²) in [5.74, 6) is -0.453. The number of alkyl halides is 3. The summed E-state index contributed by atoms with van der Waals surface area (Å²) in [5, 5.41) is 3.17. The number of methoxy groups -OCH3 is 1. The fraction of sp³-hybridized carbons (Fsp3) is 0.600. The highest BCUT2D eigenvalue weighted by Gasteiger charge is 2.31. The van der Waals surface area contributed by atoms with Crippen molar-refractivity contribution in [1.82, 2.24) is 10.2 Å². The number of piperazine rings is 1. The van der Waals surface area contributed by atoms with Gasteiger partial charge in [-0.1, -0.05) is 6.07 Å². The van der Waals surface area contributed by atoms with E-state index in [2.05, 4.69) is 5.32 Å².